The molecule has 0 unspecified atom stereocenters. The fourth-order valence-corrected chi connectivity index (χ4v) is 2.67. The van der Waals surface area contributed by atoms with E-state index in [9.17, 15) is 9.59 Å². The summed E-state index contributed by atoms with van der Waals surface area (Å²) in [4.78, 5) is 24.9. The molecule has 0 radical (unpaired) electrons. The molecule has 0 aromatic heterocycles. The van der Waals surface area contributed by atoms with Gasteiger partial charge in [0, 0.05) is 13.1 Å². The maximum Gasteiger partial charge on any atom is 0.332 e. The van der Waals surface area contributed by atoms with Gasteiger partial charge in [-0.25, -0.2) is 4.79 Å². The monoisotopic (exact) mass is 255 g/mol. The maximum absolute atomic E-state index is 12.2. The number of rotatable bonds is 2. The number of aliphatic carboxylic acids is 1. The van der Waals surface area contributed by atoms with Crippen molar-refractivity contribution in [3.63, 3.8) is 0 Å². The van der Waals surface area contributed by atoms with Crippen molar-refractivity contribution in [1.29, 1.82) is 0 Å². The molecule has 2 aliphatic rings. The number of hydrogen-bond donors (Lipinski definition) is 1. The molecule has 0 aliphatic carbocycles. The van der Waals surface area contributed by atoms with Gasteiger partial charge in [-0.05, 0) is 25.7 Å². The van der Waals surface area contributed by atoms with Crippen LogP contribution in [0.1, 0.15) is 44.9 Å². The van der Waals surface area contributed by atoms with E-state index in [-0.39, 0.29) is 5.91 Å². The topological polar surface area (TPSA) is 66.8 Å². The third kappa shape index (κ3) is 3.22. The van der Waals surface area contributed by atoms with Crippen LogP contribution in [-0.4, -0.2) is 47.2 Å². The number of likely N-dealkylation sites (tertiary alicyclic amines) is 1. The van der Waals surface area contributed by atoms with Gasteiger partial charge in [0.25, 0.3) is 5.91 Å². The van der Waals surface area contributed by atoms with Gasteiger partial charge in [0.2, 0.25) is 0 Å². The van der Waals surface area contributed by atoms with Gasteiger partial charge < -0.3 is 14.7 Å². The molecule has 5 heteroatoms. The van der Waals surface area contributed by atoms with Crippen LogP contribution in [0.5, 0.6) is 0 Å². The summed E-state index contributed by atoms with van der Waals surface area (Å²) in [5.74, 6) is -0.974. The van der Waals surface area contributed by atoms with Crippen molar-refractivity contribution in [2.75, 3.05) is 13.1 Å². The Morgan fingerprint density at radius 2 is 1.50 bits per heavy atom. The maximum atomic E-state index is 12.2. The standard InChI is InChI=1S/C13H21NO4/c15-12(10-6-7-11(18-10)13(16)17)14-8-4-2-1-3-5-9-14/h10-11H,1-9H2,(H,16,17)/t10-,11+/m0/s1. The van der Waals surface area contributed by atoms with Crippen molar-refractivity contribution in [2.45, 2.75) is 57.2 Å². The van der Waals surface area contributed by atoms with E-state index in [1.165, 1.54) is 19.3 Å². The van der Waals surface area contributed by atoms with Gasteiger partial charge in [0.1, 0.15) is 6.10 Å². The van der Waals surface area contributed by atoms with Crippen LogP contribution in [0.2, 0.25) is 0 Å². The van der Waals surface area contributed by atoms with Gasteiger partial charge in [0.15, 0.2) is 6.10 Å². The molecule has 0 spiro atoms. The fourth-order valence-electron chi connectivity index (χ4n) is 2.67. The van der Waals surface area contributed by atoms with E-state index in [0.29, 0.717) is 12.8 Å². The Kier molecular flexibility index (Phi) is 4.58. The lowest BCUT2D eigenvalue weighted by Gasteiger charge is -2.27. The minimum atomic E-state index is -0.960. The molecular formula is C13H21NO4. The Morgan fingerprint density at radius 3 is 2.06 bits per heavy atom. The van der Waals surface area contributed by atoms with Crippen molar-refractivity contribution in [3.8, 4) is 0 Å². The molecule has 1 amide bonds. The zero-order chi connectivity index (χ0) is 13.0. The quantitative estimate of drug-likeness (QED) is 0.810. The number of carbonyl (C=O) groups excluding carboxylic acids is 1. The predicted octanol–water partition coefficient (Wildman–Crippen LogP) is 1.41. The molecule has 0 aromatic carbocycles. The zero-order valence-electron chi connectivity index (χ0n) is 10.6. The average molecular weight is 255 g/mol. The van der Waals surface area contributed by atoms with Crippen molar-refractivity contribution < 1.29 is 19.4 Å². The minimum Gasteiger partial charge on any atom is -0.479 e. The predicted molar refractivity (Wildman–Crippen MR) is 65.2 cm³/mol. The first kappa shape index (κ1) is 13.3. The zero-order valence-corrected chi connectivity index (χ0v) is 10.6. The Labute approximate surface area is 107 Å². The first-order valence-corrected chi connectivity index (χ1v) is 6.85. The fraction of sp³-hybridized carbons (Fsp3) is 0.846. The van der Waals surface area contributed by atoms with E-state index in [0.717, 1.165) is 25.9 Å². The highest BCUT2D eigenvalue weighted by molar-refractivity contribution is 5.82. The summed E-state index contributed by atoms with van der Waals surface area (Å²) in [6.45, 7) is 1.58. The first-order chi connectivity index (χ1) is 8.68. The molecule has 2 saturated heterocycles. The number of carboxylic acids is 1. The number of carbonyl (C=O) groups is 2. The highest BCUT2D eigenvalue weighted by atomic mass is 16.5. The number of amides is 1. The molecular weight excluding hydrogens is 234 g/mol. The summed E-state index contributed by atoms with van der Waals surface area (Å²) in [7, 11) is 0. The van der Waals surface area contributed by atoms with Gasteiger partial charge in [-0.2, -0.15) is 0 Å². The van der Waals surface area contributed by atoms with Crippen LogP contribution in [0.3, 0.4) is 0 Å². The largest absolute Gasteiger partial charge is 0.479 e. The number of nitrogens with zero attached hydrogens (tertiary/aromatic N) is 1. The summed E-state index contributed by atoms with van der Waals surface area (Å²) in [5.41, 5.74) is 0. The van der Waals surface area contributed by atoms with Crippen molar-refractivity contribution in [3.05, 3.63) is 0 Å². The molecule has 2 heterocycles. The second-order valence-electron chi connectivity index (χ2n) is 5.12. The summed E-state index contributed by atoms with van der Waals surface area (Å²) >= 11 is 0. The van der Waals surface area contributed by atoms with Crippen LogP contribution < -0.4 is 0 Å². The molecule has 0 aromatic rings. The molecule has 18 heavy (non-hydrogen) atoms. The highest BCUT2D eigenvalue weighted by Gasteiger charge is 2.36. The van der Waals surface area contributed by atoms with Crippen molar-refractivity contribution in [2.24, 2.45) is 0 Å². The second kappa shape index (κ2) is 6.18. The van der Waals surface area contributed by atoms with Crippen LogP contribution in [-0.2, 0) is 14.3 Å². The Hall–Kier alpha value is -1.10. The Balaban J connectivity index is 1.88. The molecule has 102 valence electrons. The van der Waals surface area contributed by atoms with E-state index < -0.39 is 18.2 Å². The smallest absolute Gasteiger partial charge is 0.332 e. The van der Waals surface area contributed by atoms with Crippen LogP contribution >= 0.6 is 0 Å². The van der Waals surface area contributed by atoms with E-state index in [2.05, 4.69) is 0 Å². The van der Waals surface area contributed by atoms with E-state index in [1.54, 1.807) is 0 Å². The third-order valence-corrected chi connectivity index (χ3v) is 3.74. The molecule has 2 atom stereocenters. The second-order valence-corrected chi connectivity index (χ2v) is 5.12. The number of ether oxygens (including phenoxy) is 1. The molecule has 2 fully saturated rings. The first-order valence-electron chi connectivity index (χ1n) is 6.85. The van der Waals surface area contributed by atoms with Crippen LogP contribution in [0.4, 0.5) is 0 Å². The number of carboxylic acid groups (broad SMARTS) is 1. The van der Waals surface area contributed by atoms with E-state index in [4.69, 9.17) is 9.84 Å². The van der Waals surface area contributed by atoms with Gasteiger partial charge in [-0.3, -0.25) is 4.79 Å². The molecule has 2 rings (SSSR count). The molecule has 2 aliphatic heterocycles. The molecule has 0 bridgehead atoms. The molecule has 5 nitrogen and oxygen atoms in total. The Bertz CT molecular complexity index is 310. The van der Waals surface area contributed by atoms with Crippen molar-refractivity contribution >= 4 is 11.9 Å². The average Bonchev–Trinajstić information content (AvgIpc) is 2.77. The number of hydrogen-bond acceptors (Lipinski definition) is 3. The van der Waals surface area contributed by atoms with Crippen LogP contribution in [0.25, 0.3) is 0 Å². The molecule has 1 N–H and O–H groups in total. The van der Waals surface area contributed by atoms with E-state index >= 15 is 0 Å². The third-order valence-electron chi connectivity index (χ3n) is 3.74. The van der Waals surface area contributed by atoms with Crippen LogP contribution in [0.15, 0.2) is 0 Å². The van der Waals surface area contributed by atoms with Gasteiger partial charge in [-0.1, -0.05) is 19.3 Å². The summed E-state index contributed by atoms with van der Waals surface area (Å²) in [5, 5.41) is 8.86. The lowest BCUT2D eigenvalue weighted by molar-refractivity contribution is -0.154. The van der Waals surface area contributed by atoms with E-state index in [1.807, 2.05) is 4.90 Å². The van der Waals surface area contributed by atoms with Crippen molar-refractivity contribution in [1.82, 2.24) is 4.90 Å². The van der Waals surface area contributed by atoms with Crippen LogP contribution in [0, 0.1) is 0 Å². The minimum absolute atomic E-state index is 0.0133. The summed E-state index contributed by atoms with van der Waals surface area (Å²) in [6.07, 6.45) is 5.33. The Morgan fingerprint density at radius 1 is 0.944 bits per heavy atom. The summed E-state index contributed by atoms with van der Waals surface area (Å²) < 4.78 is 5.32. The van der Waals surface area contributed by atoms with Gasteiger partial charge in [-0.15, -0.1) is 0 Å². The molecule has 0 saturated carbocycles. The lowest BCUT2D eigenvalue weighted by Crippen LogP contribution is -2.41. The SMILES string of the molecule is O=C(O)[C@H]1CC[C@@H](C(=O)N2CCCCCCC2)O1. The lowest BCUT2D eigenvalue weighted by atomic mass is 10.1. The summed E-state index contributed by atoms with van der Waals surface area (Å²) in [6, 6.07) is 0. The van der Waals surface area contributed by atoms with Gasteiger partial charge in [0.05, 0.1) is 0 Å². The highest BCUT2D eigenvalue weighted by Crippen LogP contribution is 2.22. The van der Waals surface area contributed by atoms with Gasteiger partial charge >= 0.3 is 5.97 Å². The normalized spacial score (nSPS) is 29.7.